The van der Waals surface area contributed by atoms with Crippen molar-refractivity contribution in [1.29, 1.82) is 0 Å². The van der Waals surface area contributed by atoms with Gasteiger partial charge in [0, 0.05) is 13.0 Å². The van der Waals surface area contributed by atoms with Gasteiger partial charge in [-0.25, -0.2) is 0 Å². The van der Waals surface area contributed by atoms with Gasteiger partial charge in [-0.2, -0.15) is 0 Å². The van der Waals surface area contributed by atoms with Crippen molar-refractivity contribution in [3.05, 3.63) is 35.9 Å². The molecule has 2 atom stereocenters. The summed E-state index contributed by atoms with van der Waals surface area (Å²) in [6, 6.07) is 10.2. The molecule has 0 spiro atoms. The third-order valence-electron chi connectivity index (χ3n) is 5.66. The van der Waals surface area contributed by atoms with Crippen molar-refractivity contribution in [2.24, 2.45) is 11.1 Å². The lowest BCUT2D eigenvalue weighted by Crippen LogP contribution is -2.48. The molecule has 1 aliphatic carbocycles. The van der Waals surface area contributed by atoms with E-state index in [1.54, 1.807) is 0 Å². The van der Waals surface area contributed by atoms with Crippen LogP contribution in [0.25, 0.3) is 0 Å². The van der Waals surface area contributed by atoms with E-state index in [1.807, 2.05) is 23.1 Å². The Morgan fingerprint density at radius 1 is 1.20 bits per heavy atom. The van der Waals surface area contributed by atoms with E-state index in [1.165, 1.54) is 19.3 Å². The van der Waals surface area contributed by atoms with Crippen LogP contribution < -0.4 is 5.73 Å². The largest absolute Gasteiger partial charge is 0.367 e. The van der Waals surface area contributed by atoms with Gasteiger partial charge in [-0.05, 0) is 37.3 Å². The van der Waals surface area contributed by atoms with Crippen LogP contribution in [0, 0.1) is 5.41 Å². The molecule has 0 bridgehead atoms. The van der Waals surface area contributed by atoms with E-state index in [9.17, 15) is 4.79 Å². The first-order valence-electron chi connectivity index (χ1n) is 9.30. The Morgan fingerprint density at radius 3 is 2.52 bits per heavy atom. The summed E-state index contributed by atoms with van der Waals surface area (Å²) in [5.41, 5.74) is 7.24. The highest BCUT2D eigenvalue weighted by Crippen LogP contribution is 2.39. The van der Waals surface area contributed by atoms with Crippen molar-refractivity contribution in [3.63, 3.8) is 0 Å². The molecule has 1 amide bonds. The quantitative estimate of drug-likeness (QED) is 0.883. The van der Waals surface area contributed by atoms with Crippen LogP contribution in [0.5, 0.6) is 0 Å². The molecule has 1 saturated carbocycles. The minimum Gasteiger partial charge on any atom is -0.367 e. The first kappa shape index (κ1) is 20.2. The first-order valence-corrected chi connectivity index (χ1v) is 9.30. The van der Waals surface area contributed by atoms with Crippen molar-refractivity contribution in [1.82, 2.24) is 4.90 Å². The predicted octanol–water partition coefficient (Wildman–Crippen LogP) is 3.70. The number of ether oxygens (including phenoxy) is 1. The van der Waals surface area contributed by atoms with Crippen molar-refractivity contribution in [2.75, 3.05) is 19.6 Å². The summed E-state index contributed by atoms with van der Waals surface area (Å²) in [4.78, 5) is 15.0. The van der Waals surface area contributed by atoms with Gasteiger partial charge < -0.3 is 15.4 Å². The smallest absolute Gasteiger partial charge is 0.223 e. The highest BCUT2D eigenvalue weighted by molar-refractivity contribution is 5.85. The highest BCUT2D eigenvalue weighted by Gasteiger charge is 2.36. The lowest BCUT2D eigenvalue weighted by atomic mass is 9.71. The van der Waals surface area contributed by atoms with Crippen LogP contribution >= 0.6 is 12.4 Å². The van der Waals surface area contributed by atoms with Gasteiger partial charge in [0.05, 0.1) is 12.6 Å². The summed E-state index contributed by atoms with van der Waals surface area (Å²) in [5, 5.41) is 0. The van der Waals surface area contributed by atoms with Gasteiger partial charge >= 0.3 is 0 Å². The molecule has 2 fully saturated rings. The molecular formula is C20H31ClN2O2. The maximum absolute atomic E-state index is 13.0. The molecule has 2 unspecified atom stereocenters. The van der Waals surface area contributed by atoms with Gasteiger partial charge in [0.1, 0.15) is 6.10 Å². The average Bonchev–Trinajstić information content (AvgIpc) is 2.62. The maximum atomic E-state index is 13.0. The molecule has 140 valence electrons. The van der Waals surface area contributed by atoms with Crippen molar-refractivity contribution in [2.45, 2.75) is 57.7 Å². The van der Waals surface area contributed by atoms with Gasteiger partial charge in [0.15, 0.2) is 0 Å². The van der Waals surface area contributed by atoms with E-state index >= 15 is 0 Å². The molecule has 0 radical (unpaired) electrons. The van der Waals surface area contributed by atoms with Gasteiger partial charge in [-0.1, -0.05) is 49.6 Å². The van der Waals surface area contributed by atoms with Crippen LogP contribution in [0.3, 0.4) is 0 Å². The van der Waals surface area contributed by atoms with Gasteiger partial charge in [0.25, 0.3) is 0 Å². The molecule has 25 heavy (non-hydrogen) atoms. The molecule has 4 nitrogen and oxygen atoms in total. The number of halogens is 1. The number of morpholine rings is 1. The van der Waals surface area contributed by atoms with Gasteiger partial charge in [0.2, 0.25) is 5.91 Å². The molecule has 2 N–H and O–H groups in total. The Morgan fingerprint density at radius 2 is 1.88 bits per heavy atom. The molecular weight excluding hydrogens is 336 g/mol. The Hall–Kier alpha value is -1.10. The minimum atomic E-state index is -0.0286. The summed E-state index contributed by atoms with van der Waals surface area (Å²) in [6.45, 7) is 4.01. The van der Waals surface area contributed by atoms with Crippen molar-refractivity contribution < 1.29 is 9.53 Å². The molecule has 1 aromatic carbocycles. The highest BCUT2D eigenvalue weighted by atomic mass is 35.5. The van der Waals surface area contributed by atoms with Crippen LogP contribution in [-0.2, 0) is 9.53 Å². The molecule has 3 rings (SSSR count). The Kier molecular flexibility index (Phi) is 7.29. The molecule has 1 aliphatic heterocycles. The zero-order valence-corrected chi connectivity index (χ0v) is 16.0. The van der Waals surface area contributed by atoms with Crippen LogP contribution in [0.4, 0.5) is 0 Å². The predicted molar refractivity (Wildman–Crippen MR) is 103 cm³/mol. The topological polar surface area (TPSA) is 55.6 Å². The molecule has 0 aromatic heterocycles. The summed E-state index contributed by atoms with van der Waals surface area (Å²) in [7, 11) is 0. The van der Waals surface area contributed by atoms with Crippen molar-refractivity contribution >= 4 is 18.3 Å². The Labute approximate surface area is 157 Å². The second-order valence-corrected chi connectivity index (χ2v) is 7.59. The zero-order chi connectivity index (χ0) is 17.0. The fourth-order valence-corrected chi connectivity index (χ4v) is 4.19. The van der Waals surface area contributed by atoms with E-state index in [4.69, 9.17) is 10.5 Å². The van der Waals surface area contributed by atoms with Crippen LogP contribution in [-0.4, -0.2) is 36.5 Å². The number of hydrogen-bond donors (Lipinski definition) is 1. The number of benzene rings is 1. The lowest BCUT2D eigenvalue weighted by molar-refractivity contribution is -0.147. The third-order valence-corrected chi connectivity index (χ3v) is 5.66. The van der Waals surface area contributed by atoms with E-state index in [2.05, 4.69) is 19.1 Å². The summed E-state index contributed by atoms with van der Waals surface area (Å²) >= 11 is 0. The Balaban J connectivity index is 0.00000225. The number of nitrogens with two attached hydrogens (primary N) is 1. The van der Waals surface area contributed by atoms with Crippen molar-refractivity contribution in [3.8, 4) is 0 Å². The minimum absolute atomic E-state index is 0. The SMILES string of the molecule is CC1CN(C(=O)CC2(CN)CCCCC2)CC(c2ccccc2)O1.Cl. The number of rotatable bonds is 4. The van der Waals surface area contributed by atoms with Crippen LogP contribution in [0.2, 0.25) is 0 Å². The fourth-order valence-electron chi connectivity index (χ4n) is 4.19. The average molecular weight is 367 g/mol. The number of amides is 1. The number of nitrogens with zero attached hydrogens (tertiary/aromatic N) is 1. The molecule has 5 heteroatoms. The van der Waals surface area contributed by atoms with Gasteiger partial charge in [-0.15, -0.1) is 12.4 Å². The van der Waals surface area contributed by atoms with Gasteiger partial charge in [-0.3, -0.25) is 4.79 Å². The van der Waals surface area contributed by atoms with Crippen LogP contribution in [0.15, 0.2) is 30.3 Å². The monoisotopic (exact) mass is 366 g/mol. The maximum Gasteiger partial charge on any atom is 0.223 e. The summed E-state index contributed by atoms with van der Waals surface area (Å²) in [5.74, 6) is 0.249. The standard InChI is InChI=1S/C20H30N2O2.ClH/c1-16-13-22(14-18(24-16)17-8-4-2-5-9-17)19(23)12-20(15-21)10-6-3-7-11-20;/h2,4-5,8-9,16,18H,3,6-7,10-15,21H2,1H3;1H. The zero-order valence-electron chi connectivity index (χ0n) is 15.2. The summed E-state index contributed by atoms with van der Waals surface area (Å²) < 4.78 is 6.08. The van der Waals surface area contributed by atoms with E-state index in [-0.39, 0.29) is 35.9 Å². The molecule has 2 aliphatic rings. The lowest BCUT2D eigenvalue weighted by Gasteiger charge is -2.41. The first-order chi connectivity index (χ1) is 11.6. The second-order valence-electron chi connectivity index (χ2n) is 7.59. The number of carbonyl (C=O) groups is 1. The normalized spacial score (nSPS) is 25.9. The molecule has 1 heterocycles. The number of carbonyl (C=O) groups excluding carboxylic acids is 1. The molecule has 1 saturated heterocycles. The fraction of sp³-hybridized carbons (Fsp3) is 0.650. The van der Waals surface area contributed by atoms with E-state index in [0.29, 0.717) is 26.1 Å². The van der Waals surface area contributed by atoms with E-state index < -0.39 is 0 Å². The Bertz CT molecular complexity index is 546. The van der Waals surface area contributed by atoms with Crippen LogP contribution in [0.1, 0.15) is 57.1 Å². The van der Waals surface area contributed by atoms with E-state index in [0.717, 1.165) is 18.4 Å². The number of hydrogen-bond acceptors (Lipinski definition) is 3. The third kappa shape index (κ3) is 4.96. The summed E-state index contributed by atoms with van der Waals surface area (Å²) in [6.07, 6.45) is 6.51. The second kappa shape index (κ2) is 9.02. The molecule has 1 aromatic rings.